The maximum absolute atomic E-state index is 13.1. The number of rotatable bonds is 9. The van der Waals surface area contributed by atoms with Gasteiger partial charge in [0.25, 0.3) is 5.91 Å². The second kappa shape index (κ2) is 11.3. The van der Waals surface area contributed by atoms with E-state index in [1.165, 1.54) is 0 Å². The first-order valence-electron chi connectivity index (χ1n) is 10.9. The smallest absolute Gasteiger partial charge is 0.426 e. The molecule has 0 fully saturated rings. The van der Waals surface area contributed by atoms with E-state index in [0.717, 1.165) is 10.8 Å². The Hall–Kier alpha value is -2.87. The molecule has 0 aliphatic carbocycles. The predicted molar refractivity (Wildman–Crippen MR) is 132 cm³/mol. The van der Waals surface area contributed by atoms with E-state index in [-0.39, 0.29) is 18.2 Å². The molecule has 3 aromatic carbocycles. The van der Waals surface area contributed by atoms with E-state index in [1.54, 1.807) is 36.4 Å². The summed E-state index contributed by atoms with van der Waals surface area (Å²) < 4.78 is 0. The molecule has 0 saturated heterocycles. The Labute approximate surface area is 199 Å². The molecule has 2 amide bonds. The average molecular weight is 467 g/mol. The van der Waals surface area contributed by atoms with Crippen molar-refractivity contribution in [1.82, 2.24) is 10.6 Å². The van der Waals surface area contributed by atoms with Crippen LogP contribution in [0, 0.1) is 5.92 Å². The minimum atomic E-state index is -1.67. The summed E-state index contributed by atoms with van der Waals surface area (Å²) in [6.45, 7) is 3.86. The Balaban J connectivity index is 1.80. The van der Waals surface area contributed by atoms with Crippen molar-refractivity contribution in [2.75, 3.05) is 0 Å². The van der Waals surface area contributed by atoms with Crippen LogP contribution in [0.3, 0.4) is 0 Å². The maximum atomic E-state index is 13.1. The predicted octanol–water partition coefficient (Wildman–Crippen LogP) is 3.90. The molecule has 6 nitrogen and oxygen atoms in total. The van der Waals surface area contributed by atoms with Gasteiger partial charge in [0.05, 0.1) is 18.4 Å². The van der Waals surface area contributed by atoms with Crippen LogP contribution in [0.1, 0.15) is 48.7 Å². The van der Waals surface area contributed by atoms with Crippen LogP contribution in [-0.4, -0.2) is 34.9 Å². The quantitative estimate of drug-likeness (QED) is 0.359. The molecule has 0 saturated carbocycles. The zero-order chi connectivity index (χ0) is 24.0. The second-order valence-electron chi connectivity index (χ2n) is 8.56. The Morgan fingerprint density at radius 2 is 1.67 bits per heavy atom. The molecule has 8 heteroatoms. The van der Waals surface area contributed by atoms with Crippen molar-refractivity contribution >= 4 is 41.3 Å². The van der Waals surface area contributed by atoms with Crippen molar-refractivity contribution in [3.8, 4) is 0 Å². The topological polar surface area (TPSA) is 98.7 Å². The van der Waals surface area contributed by atoms with E-state index in [4.69, 9.17) is 11.6 Å². The fraction of sp³-hybridized carbons (Fsp3) is 0.280. The summed E-state index contributed by atoms with van der Waals surface area (Å²) in [5, 5.41) is 27.3. The van der Waals surface area contributed by atoms with Crippen LogP contribution in [0.4, 0.5) is 0 Å². The van der Waals surface area contributed by atoms with Gasteiger partial charge in [0.15, 0.2) is 0 Å². The van der Waals surface area contributed by atoms with E-state index in [9.17, 15) is 19.6 Å². The van der Waals surface area contributed by atoms with Crippen molar-refractivity contribution < 1.29 is 19.6 Å². The third kappa shape index (κ3) is 7.06. The van der Waals surface area contributed by atoms with Gasteiger partial charge in [0, 0.05) is 10.6 Å². The van der Waals surface area contributed by atoms with Gasteiger partial charge >= 0.3 is 7.12 Å². The largest absolute Gasteiger partial charge is 0.475 e. The summed E-state index contributed by atoms with van der Waals surface area (Å²) in [4.78, 5) is 25.8. The highest BCUT2D eigenvalue weighted by Gasteiger charge is 2.28. The van der Waals surface area contributed by atoms with Crippen LogP contribution in [0.5, 0.6) is 0 Å². The summed E-state index contributed by atoms with van der Waals surface area (Å²) in [5.41, 5.74) is 1.15. The highest BCUT2D eigenvalue weighted by Crippen LogP contribution is 2.23. The van der Waals surface area contributed by atoms with E-state index < -0.39 is 25.0 Å². The van der Waals surface area contributed by atoms with Crippen LogP contribution in [-0.2, 0) is 4.79 Å². The zero-order valence-electron chi connectivity index (χ0n) is 18.7. The number of carbonyl (C=O) groups excluding carboxylic acids is 2. The summed E-state index contributed by atoms with van der Waals surface area (Å²) in [7, 11) is -1.67. The maximum Gasteiger partial charge on any atom is 0.475 e. The minimum Gasteiger partial charge on any atom is -0.426 e. The van der Waals surface area contributed by atoms with Crippen molar-refractivity contribution in [3.05, 3.63) is 82.9 Å². The third-order valence-corrected chi connectivity index (χ3v) is 5.62. The summed E-state index contributed by atoms with van der Waals surface area (Å²) in [6, 6.07) is 19.5. The lowest BCUT2D eigenvalue weighted by atomic mass is 9.75. The molecule has 3 aromatic rings. The molecule has 4 N–H and O–H groups in total. The van der Waals surface area contributed by atoms with Gasteiger partial charge in [-0.1, -0.05) is 67.9 Å². The van der Waals surface area contributed by atoms with E-state index >= 15 is 0 Å². The highest BCUT2D eigenvalue weighted by molar-refractivity contribution is 6.43. The lowest BCUT2D eigenvalue weighted by Gasteiger charge is -2.23. The normalized spacial score (nSPS) is 12.9. The number of halogens is 1. The third-order valence-electron chi connectivity index (χ3n) is 5.39. The Morgan fingerprint density at radius 1 is 0.939 bits per heavy atom. The van der Waals surface area contributed by atoms with Crippen LogP contribution in [0.15, 0.2) is 66.7 Å². The molecule has 33 heavy (non-hydrogen) atoms. The Bertz CT molecular complexity index is 1120. The Morgan fingerprint density at radius 3 is 2.33 bits per heavy atom. The molecule has 172 valence electrons. The first kappa shape index (κ1) is 24.8. The van der Waals surface area contributed by atoms with Crippen LogP contribution >= 0.6 is 11.6 Å². The van der Waals surface area contributed by atoms with Crippen molar-refractivity contribution in [1.29, 1.82) is 0 Å². The number of nitrogens with one attached hydrogen (secondary N) is 2. The fourth-order valence-electron chi connectivity index (χ4n) is 3.76. The lowest BCUT2D eigenvalue weighted by molar-refractivity contribution is -0.122. The number of hydrogen-bond donors (Lipinski definition) is 4. The van der Waals surface area contributed by atoms with Gasteiger partial charge in [-0.2, -0.15) is 0 Å². The minimum absolute atomic E-state index is 0.0824. The van der Waals surface area contributed by atoms with Gasteiger partial charge in [0.1, 0.15) is 0 Å². The molecule has 0 radical (unpaired) electrons. The first-order valence-corrected chi connectivity index (χ1v) is 11.3. The van der Waals surface area contributed by atoms with Crippen molar-refractivity contribution in [2.24, 2.45) is 5.92 Å². The molecule has 2 unspecified atom stereocenters. The van der Waals surface area contributed by atoms with E-state index in [0.29, 0.717) is 22.6 Å². The molecular weight excluding hydrogens is 439 g/mol. The highest BCUT2D eigenvalue weighted by atomic mass is 35.5. The van der Waals surface area contributed by atoms with Gasteiger partial charge < -0.3 is 20.7 Å². The molecule has 0 heterocycles. The molecule has 0 aromatic heterocycles. The van der Waals surface area contributed by atoms with Gasteiger partial charge in [-0.25, -0.2) is 0 Å². The molecule has 0 bridgehead atoms. The van der Waals surface area contributed by atoms with Crippen molar-refractivity contribution in [2.45, 2.75) is 38.7 Å². The van der Waals surface area contributed by atoms with Crippen LogP contribution in [0.2, 0.25) is 5.02 Å². The van der Waals surface area contributed by atoms with Gasteiger partial charge in [-0.15, -0.1) is 0 Å². The molecular formula is C25H28BClN2O4. The number of amides is 2. The van der Waals surface area contributed by atoms with Crippen molar-refractivity contribution in [3.63, 3.8) is 0 Å². The van der Waals surface area contributed by atoms with Gasteiger partial charge in [-0.3, -0.25) is 9.59 Å². The average Bonchev–Trinajstić information content (AvgIpc) is 2.77. The number of fused-ring (bicyclic) bond motifs is 1. The molecule has 2 atom stereocenters. The van der Waals surface area contributed by atoms with Crippen LogP contribution < -0.4 is 10.6 Å². The molecule has 0 aliphatic heterocycles. The zero-order valence-corrected chi connectivity index (χ0v) is 19.4. The second-order valence-corrected chi connectivity index (χ2v) is 9.00. The Kier molecular flexibility index (Phi) is 8.50. The van der Waals surface area contributed by atoms with Crippen LogP contribution in [0.25, 0.3) is 10.8 Å². The first-order chi connectivity index (χ1) is 15.7. The monoisotopic (exact) mass is 466 g/mol. The standard InChI is InChI=1S/C25H28BClN2O4/c1-16(2)12-23(26(32)33)29-24(30)15-22(19-8-5-9-21(27)14-19)28-25(31)20-11-10-17-6-3-4-7-18(17)13-20/h3-11,13-14,16,22-23,32-33H,12,15H2,1-2H3,(H,28,31)(H,29,30). The SMILES string of the molecule is CC(C)CC(NC(=O)CC(NC(=O)c1ccc2ccccc2c1)c1cccc(Cl)c1)B(O)O. The summed E-state index contributed by atoms with van der Waals surface area (Å²) >= 11 is 6.15. The lowest BCUT2D eigenvalue weighted by Crippen LogP contribution is -2.48. The number of hydrogen-bond acceptors (Lipinski definition) is 4. The molecule has 0 aliphatic rings. The van der Waals surface area contributed by atoms with E-state index in [2.05, 4.69) is 10.6 Å². The van der Waals surface area contributed by atoms with Gasteiger partial charge in [0.2, 0.25) is 5.91 Å². The van der Waals surface area contributed by atoms with E-state index in [1.807, 2.05) is 44.2 Å². The van der Waals surface area contributed by atoms with Gasteiger partial charge in [-0.05, 0) is 52.9 Å². The summed E-state index contributed by atoms with van der Waals surface area (Å²) in [5.74, 6) is -1.36. The molecule has 3 rings (SSSR count). The number of carbonyl (C=O) groups is 2. The number of benzene rings is 3. The molecule has 0 spiro atoms. The fourth-order valence-corrected chi connectivity index (χ4v) is 3.96. The summed E-state index contributed by atoms with van der Waals surface area (Å²) in [6.07, 6.45) is 0.329.